The van der Waals surface area contributed by atoms with Crippen LogP contribution in [-0.4, -0.2) is 18.7 Å². The van der Waals surface area contributed by atoms with Crippen LogP contribution in [0.2, 0.25) is 0 Å². The molecule has 0 saturated carbocycles. The van der Waals surface area contributed by atoms with Crippen molar-refractivity contribution in [2.45, 2.75) is 6.92 Å². The molecule has 0 radical (unpaired) electrons. The molecule has 1 aromatic heterocycles. The van der Waals surface area contributed by atoms with Gasteiger partial charge < -0.3 is 5.32 Å². The fourth-order valence-corrected chi connectivity index (χ4v) is 2.76. The summed E-state index contributed by atoms with van der Waals surface area (Å²) in [5.41, 5.74) is 4.58. The molecule has 4 nitrogen and oxygen atoms in total. The van der Waals surface area contributed by atoms with Crippen LogP contribution in [-0.2, 0) is 4.79 Å². The lowest BCUT2D eigenvalue weighted by Crippen LogP contribution is -2.25. The zero-order chi connectivity index (χ0) is 14.4. The molecule has 1 amide bonds. The van der Waals surface area contributed by atoms with Gasteiger partial charge in [-0.25, -0.2) is 5.43 Å². The Morgan fingerprint density at radius 1 is 1.40 bits per heavy atom. The van der Waals surface area contributed by atoms with Gasteiger partial charge in [0.15, 0.2) is 0 Å². The SMILES string of the molecule is Cc1ccc(NCC(=O)N/N=C\c2cc(Br)cs2)cc1. The molecular weight excluding hydrogens is 338 g/mol. The molecule has 1 aromatic carbocycles. The maximum atomic E-state index is 11.6. The Balaban J connectivity index is 1.75. The van der Waals surface area contributed by atoms with E-state index in [0.717, 1.165) is 15.0 Å². The highest BCUT2D eigenvalue weighted by Gasteiger charge is 1.99. The number of nitrogens with one attached hydrogen (secondary N) is 2. The number of hydrogen-bond acceptors (Lipinski definition) is 4. The normalized spacial score (nSPS) is 10.7. The van der Waals surface area contributed by atoms with Crippen LogP contribution in [0.15, 0.2) is 45.3 Å². The molecule has 0 fully saturated rings. The highest BCUT2D eigenvalue weighted by atomic mass is 79.9. The van der Waals surface area contributed by atoms with Gasteiger partial charge in [0, 0.05) is 20.4 Å². The van der Waals surface area contributed by atoms with Gasteiger partial charge in [-0.15, -0.1) is 11.3 Å². The summed E-state index contributed by atoms with van der Waals surface area (Å²) < 4.78 is 1.01. The van der Waals surface area contributed by atoms with Crippen LogP contribution in [0.4, 0.5) is 5.69 Å². The number of nitrogens with zero attached hydrogens (tertiary/aromatic N) is 1. The number of hydrogen-bond donors (Lipinski definition) is 2. The average molecular weight is 352 g/mol. The van der Waals surface area contributed by atoms with Gasteiger partial charge in [0.25, 0.3) is 5.91 Å². The maximum Gasteiger partial charge on any atom is 0.259 e. The van der Waals surface area contributed by atoms with Crippen molar-refractivity contribution in [3.05, 3.63) is 50.6 Å². The van der Waals surface area contributed by atoms with Crippen LogP contribution >= 0.6 is 27.3 Å². The molecule has 0 spiro atoms. The lowest BCUT2D eigenvalue weighted by molar-refractivity contribution is -0.119. The van der Waals surface area contributed by atoms with Crippen molar-refractivity contribution < 1.29 is 4.79 Å². The minimum Gasteiger partial charge on any atom is -0.376 e. The molecule has 0 unspecified atom stereocenters. The summed E-state index contributed by atoms with van der Waals surface area (Å²) in [7, 11) is 0. The Hall–Kier alpha value is -1.66. The van der Waals surface area contributed by atoms with E-state index >= 15 is 0 Å². The summed E-state index contributed by atoms with van der Waals surface area (Å²) >= 11 is 4.91. The molecular formula is C14H14BrN3OS. The molecule has 0 atom stereocenters. The molecule has 0 bridgehead atoms. The third-order valence-corrected chi connectivity index (χ3v) is 4.10. The first-order valence-electron chi connectivity index (χ1n) is 6.00. The van der Waals surface area contributed by atoms with Crippen molar-refractivity contribution in [3.8, 4) is 0 Å². The largest absolute Gasteiger partial charge is 0.376 e. The van der Waals surface area contributed by atoms with E-state index in [1.807, 2.05) is 42.6 Å². The van der Waals surface area contributed by atoms with Crippen molar-refractivity contribution in [1.29, 1.82) is 0 Å². The number of hydrazone groups is 1. The Labute approximate surface area is 130 Å². The Morgan fingerprint density at radius 2 is 2.15 bits per heavy atom. The smallest absolute Gasteiger partial charge is 0.259 e. The number of anilines is 1. The van der Waals surface area contributed by atoms with Crippen LogP contribution in [0.3, 0.4) is 0 Å². The van der Waals surface area contributed by atoms with Gasteiger partial charge in [0.1, 0.15) is 0 Å². The number of carbonyl (C=O) groups excluding carboxylic acids is 1. The van der Waals surface area contributed by atoms with Crippen molar-refractivity contribution in [1.82, 2.24) is 5.43 Å². The highest BCUT2D eigenvalue weighted by molar-refractivity contribution is 9.10. The van der Waals surface area contributed by atoms with Gasteiger partial charge >= 0.3 is 0 Å². The molecule has 0 aliphatic rings. The summed E-state index contributed by atoms with van der Waals surface area (Å²) in [6, 6.07) is 9.80. The molecule has 0 aliphatic heterocycles. The molecule has 6 heteroatoms. The lowest BCUT2D eigenvalue weighted by Gasteiger charge is -2.05. The molecule has 104 valence electrons. The monoisotopic (exact) mass is 351 g/mol. The predicted molar refractivity (Wildman–Crippen MR) is 87.4 cm³/mol. The van der Waals surface area contributed by atoms with E-state index in [-0.39, 0.29) is 12.5 Å². The molecule has 1 heterocycles. The second-order valence-electron chi connectivity index (χ2n) is 4.18. The molecule has 2 aromatic rings. The molecule has 0 aliphatic carbocycles. The minimum absolute atomic E-state index is 0.183. The number of thiophene rings is 1. The summed E-state index contributed by atoms with van der Waals surface area (Å²) in [5.74, 6) is -0.183. The van der Waals surface area contributed by atoms with Gasteiger partial charge in [-0.05, 0) is 41.1 Å². The van der Waals surface area contributed by atoms with Gasteiger partial charge in [-0.3, -0.25) is 4.79 Å². The van der Waals surface area contributed by atoms with Crippen LogP contribution in [0, 0.1) is 6.92 Å². The summed E-state index contributed by atoms with van der Waals surface area (Å²) in [6.07, 6.45) is 1.62. The van der Waals surface area contributed by atoms with Gasteiger partial charge in [-0.1, -0.05) is 17.7 Å². The van der Waals surface area contributed by atoms with Crippen LogP contribution in [0.5, 0.6) is 0 Å². The standard InChI is InChI=1S/C14H14BrN3OS/c1-10-2-4-12(5-3-10)16-8-14(19)18-17-7-13-6-11(15)9-20-13/h2-7,9,16H,8H2,1H3,(H,18,19)/b17-7-. The number of aryl methyl sites for hydroxylation is 1. The molecule has 0 saturated heterocycles. The van der Waals surface area contributed by atoms with Gasteiger partial charge in [0.2, 0.25) is 0 Å². The van der Waals surface area contributed by atoms with E-state index < -0.39 is 0 Å². The van der Waals surface area contributed by atoms with E-state index in [4.69, 9.17) is 0 Å². The Bertz CT molecular complexity index is 607. The minimum atomic E-state index is -0.183. The number of carbonyl (C=O) groups is 1. The number of benzene rings is 1. The predicted octanol–water partition coefficient (Wildman–Crippen LogP) is 3.38. The zero-order valence-corrected chi connectivity index (χ0v) is 13.3. The Morgan fingerprint density at radius 3 is 2.80 bits per heavy atom. The van der Waals surface area contributed by atoms with Crippen LogP contribution in [0.1, 0.15) is 10.4 Å². The summed E-state index contributed by atoms with van der Waals surface area (Å²) in [4.78, 5) is 12.6. The number of amides is 1. The topological polar surface area (TPSA) is 53.5 Å². The maximum absolute atomic E-state index is 11.6. The van der Waals surface area contributed by atoms with Crippen molar-refractivity contribution in [2.24, 2.45) is 5.10 Å². The fourth-order valence-electron chi connectivity index (χ4n) is 1.46. The van der Waals surface area contributed by atoms with Crippen molar-refractivity contribution in [3.63, 3.8) is 0 Å². The quantitative estimate of drug-likeness (QED) is 0.640. The van der Waals surface area contributed by atoms with E-state index in [9.17, 15) is 4.79 Å². The molecule has 2 N–H and O–H groups in total. The van der Waals surface area contributed by atoms with E-state index in [1.54, 1.807) is 17.6 Å². The third kappa shape index (κ3) is 4.79. The summed E-state index contributed by atoms with van der Waals surface area (Å²) in [6.45, 7) is 2.21. The fraction of sp³-hybridized carbons (Fsp3) is 0.143. The van der Waals surface area contributed by atoms with Crippen molar-refractivity contribution in [2.75, 3.05) is 11.9 Å². The van der Waals surface area contributed by atoms with E-state index in [0.29, 0.717) is 0 Å². The second-order valence-corrected chi connectivity index (χ2v) is 6.04. The first kappa shape index (κ1) is 14.7. The van der Waals surface area contributed by atoms with Crippen LogP contribution in [0.25, 0.3) is 0 Å². The van der Waals surface area contributed by atoms with E-state index in [1.165, 1.54) is 5.56 Å². The van der Waals surface area contributed by atoms with Crippen molar-refractivity contribution >= 4 is 45.1 Å². The summed E-state index contributed by atoms with van der Waals surface area (Å²) in [5, 5.41) is 8.90. The zero-order valence-electron chi connectivity index (χ0n) is 10.9. The molecule has 20 heavy (non-hydrogen) atoms. The first-order chi connectivity index (χ1) is 9.63. The van der Waals surface area contributed by atoms with Crippen LogP contribution < -0.4 is 10.7 Å². The third-order valence-electron chi connectivity index (χ3n) is 2.47. The lowest BCUT2D eigenvalue weighted by atomic mass is 10.2. The Kier molecular flexibility index (Phi) is 5.31. The van der Waals surface area contributed by atoms with Gasteiger partial charge in [-0.2, -0.15) is 5.10 Å². The second kappa shape index (κ2) is 7.21. The highest BCUT2D eigenvalue weighted by Crippen LogP contribution is 2.17. The van der Waals surface area contributed by atoms with E-state index in [2.05, 4.69) is 31.8 Å². The number of halogens is 1. The first-order valence-corrected chi connectivity index (χ1v) is 7.67. The average Bonchev–Trinajstić information content (AvgIpc) is 2.84. The molecule has 2 rings (SSSR count). The number of rotatable bonds is 5. The van der Waals surface area contributed by atoms with Gasteiger partial charge in [0.05, 0.1) is 12.8 Å².